The monoisotopic (exact) mass is 592 g/mol. The molecular weight excluding hydrogens is 555 g/mol. The summed E-state index contributed by atoms with van der Waals surface area (Å²) in [5.74, 6) is -5.02. The Bertz CT molecular complexity index is 1190. The summed E-state index contributed by atoms with van der Waals surface area (Å²) in [5, 5.41) is 14.8. The van der Waals surface area contributed by atoms with Crippen LogP contribution < -0.4 is 10.6 Å². The molecule has 1 unspecified atom stereocenters. The van der Waals surface area contributed by atoms with Crippen LogP contribution in [0, 0.1) is 5.41 Å². The molecule has 2 amide bonds. The molecule has 0 aliphatic carbocycles. The third kappa shape index (κ3) is 9.12. The van der Waals surface area contributed by atoms with Crippen LogP contribution in [0.2, 0.25) is 0 Å². The van der Waals surface area contributed by atoms with Gasteiger partial charge in [-0.05, 0) is 39.2 Å². The summed E-state index contributed by atoms with van der Waals surface area (Å²) in [6, 6.07) is -0.905. The first kappa shape index (κ1) is 33.4. The summed E-state index contributed by atoms with van der Waals surface area (Å²) in [6.07, 6.45) is -3.59. The Morgan fingerprint density at radius 3 is 2.23 bits per heavy atom. The lowest BCUT2D eigenvalue weighted by molar-refractivity contribution is -0.0871. The van der Waals surface area contributed by atoms with Crippen LogP contribution in [-0.4, -0.2) is 70.2 Å². The van der Waals surface area contributed by atoms with E-state index in [-0.39, 0.29) is 27.5 Å². The number of carbonyl (C=O) groups excluding carboxylic acids is 2. The second kappa shape index (κ2) is 12.0. The number of hydrogen-bond donors (Lipinski definition) is 3. The van der Waals surface area contributed by atoms with Crippen LogP contribution in [0.4, 0.5) is 22.0 Å². The van der Waals surface area contributed by atoms with Crippen molar-refractivity contribution in [3.63, 3.8) is 0 Å². The first-order valence-electron chi connectivity index (χ1n) is 12.6. The number of halogens is 5. The van der Waals surface area contributed by atoms with Gasteiger partial charge in [-0.1, -0.05) is 33.4 Å². The van der Waals surface area contributed by atoms with E-state index < -0.39 is 65.4 Å². The maximum absolute atomic E-state index is 14.4. The molecule has 2 rings (SSSR count). The van der Waals surface area contributed by atoms with Gasteiger partial charge in [-0.15, -0.1) is 11.3 Å². The number of hydrogen-bond acceptors (Lipinski definition) is 6. The Morgan fingerprint density at radius 1 is 1.18 bits per heavy atom. The summed E-state index contributed by atoms with van der Waals surface area (Å²) in [7, 11) is 0. The van der Waals surface area contributed by atoms with E-state index in [1.54, 1.807) is 0 Å². The molecule has 224 valence electrons. The second-order valence-corrected chi connectivity index (χ2v) is 12.7. The highest BCUT2D eigenvalue weighted by molar-refractivity contribution is 7.15. The van der Waals surface area contributed by atoms with Crippen LogP contribution in [0.15, 0.2) is 30.0 Å². The minimum Gasteiger partial charge on any atom is -0.389 e. The Labute approximate surface area is 235 Å². The van der Waals surface area contributed by atoms with Gasteiger partial charge in [-0.2, -0.15) is 13.2 Å². The lowest BCUT2D eigenvalue weighted by atomic mass is 9.96. The molecule has 0 bridgehead atoms. The number of amides is 2. The summed E-state index contributed by atoms with van der Waals surface area (Å²) >= 11 is 0.529. The quantitative estimate of drug-likeness (QED) is 0.258. The van der Waals surface area contributed by atoms with E-state index in [1.165, 1.54) is 27.7 Å². The van der Waals surface area contributed by atoms with Gasteiger partial charge in [0.25, 0.3) is 17.7 Å². The Kier molecular flexibility index (Phi) is 10.0. The molecule has 3 N–H and O–H groups in total. The fourth-order valence-corrected chi connectivity index (χ4v) is 4.92. The lowest BCUT2D eigenvalue weighted by Gasteiger charge is -2.22. The third-order valence-electron chi connectivity index (χ3n) is 5.79. The maximum atomic E-state index is 14.4. The van der Waals surface area contributed by atoms with Crippen LogP contribution in [0.3, 0.4) is 0 Å². The molecule has 2 heterocycles. The van der Waals surface area contributed by atoms with Crippen molar-refractivity contribution < 1.29 is 36.6 Å². The molecule has 40 heavy (non-hydrogen) atoms. The van der Waals surface area contributed by atoms with Crippen molar-refractivity contribution in [3.05, 3.63) is 45.6 Å². The number of likely N-dealkylation sites (tertiary alicyclic amines) is 1. The van der Waals surface area contributed by atoms with E-state index in [2.05, 4.69) is 22.2 Å². The second-order valence-electron chi connectivity index (χ2n) is 11.7. The number of carbonyl (C=O) groups is 2. The normalized spacial score (nSPS) is 18.6. The zero-order valence-electron chi connectivity index (χ0n) is 23.7. The molecule has 1 aromatic rings. The highest BCUT2D eigenvalue weighted by Gasteiger charge is 2.47. The molecule has 0 spiro atoms. The predicted molar refractivity (Wildman–Crippen MR) is 145 cm³/mol. The number of aromatic nitrogens is 1. The van der Waals surface area contributed by atoms with Crippen molar-refractivity contribution in [2.24, 2.45) is 5.41 Å². The van der Waals surface area contributed by atoms with Crippen molar-refractivity contribution in [1.82, 2.24) is 20.5 Å². The average molecular weight is 593 g/mol. The van der Waals surface area contributed by atoms with Gasteiger partial charge >= 0.3 is 6.18 Å². The standard InChI is InChI=1S/C27H37F5N4O3S/c1-9-17(18(27(30,31)32)10-15(2)33-12-24(4,5)6)20-19(23(38)36-14-26(28,29)11-16(36)3)35-22(40-20)21(37)34-13-25(7,8)39/h9-10,16,33,39H,2,11-14H2,1,3-8H3,(H,34,37)/b17-9+,18-10+. The van der Waals surface area contributed by atoms with Crippen LogP contribution in [0.5, 0.6) is 0 Å². The summed E-state index contributed by atoms with van der Waals surface area (Å²) in [4.78, 5) is 30.8. The van der Waals surface area contributed by atoms with Gasteiger partial charge < -0.3 is 20.6 Å². The van der Waals surface area contributed by atoms with E-state index in [9.17, 15) is 36.6 Å². The van der Waals surface area contributed by atoms with Crippen molar-refractivity contribution in [3.8, 4) is 0 Å². The summed E-state index contributed by atoms with van der Waals surface area (Å²) < 4.78 is 71.4. The van der Waals surface area contributed by atoms with Gasteiger partial charge in [0.15, 0.2) is 5.01 Å². The Hall–Kier alpha value is -2.80. The van der Waals surface area contributed by atoms with E-state index in [4.69, 9.17) is 0 Å². The van der Waals surface area contributed by atoms with Crippen LogP contribution in [-0.2, 0) is 0 Å². The molecule has 1 atom stereocenters. The van der Waals surface area contributed by atoms with Crippen molar-refractivity contribution in [2.45, 2.75) is 78.6 Å². The summed E-state index contributed by atoms with van der Waals surface area (Å²) in [5.41, 5.74) is -3.73. The minimum atomic E-state index is -4.91. The van der Waals surface area contributed by atoms with Crippen LogP contribution in [0.25, 0.3) is 5.57 Å². The van der Waals surface area contributed by atoms with E-state index >= 15 is 0 Å². The molecule has 1 aliphatic rings. The molecule has 7 nitrogen and oxygen atoms in total. The number of aliphatic hydroxyl groups is 1. The molecule has 1 saturated heterocycles. The number of nitrogens with one attached hydrogen (secondary N) is 2. The first-order valence-corrected chi connectivity index (χ1v) is 13.5. The molecule has 1 aliphatic heterocycles. The third-order valence-corrected chi connectivity index (χ3v) is 6.87. The minimum absolute atomic E-state index is 0.0325. The lowest BCUT2D eigenvalue weighted by Crippen LogP contribution is -2.38. The van der Waals surface area contributed by atoms with Gasteiger partial charge in [0.05, 0.1) is 22.6 Å². The molecule has 1 aromatic heterocycles. The van der Waals surface area contributed by atoms with Crippen LogP contribution in [0.1, 0.15) is 80.1 Å². The van der Waals surface area contributed by atoms with Gasteiger partial charge in [-0.25, -0.2) is 13.8 Å². The van der Waals surface area contributed by atoms with E-state index in [1.807, 2.05) is 20.8 Å². The number of rotatable bonds is 9. The molecule has 0 saturated carbocycles. The van der Waals surface area contributed by atoms with Crippen molar-refractivity contribution in [2.75, 3.05) is 19.6 Å². The topological polar surface area (TPSA) is 94.6 Å². The van der Waals surface area contributed by atoms with E-state index in [0.717, 1.165) is 17.1 Å². The number of thiazole rings is 1. The molecule has 0 radical (unpaired) electrons. The SMILES string of the molecule is C=C(/C=C(\C(=C/C)c1sc(C(=O)NCC(C)(C)O)nc1C(=O)N1CC(F)(F)CC1C)C(F)(F)F)NCC(C)(C)C. The van der Waals surface area contributed by atoms with Gasteiger partial charge in [0.2, 0.25) is 0 Å². The van der Waals surface area contributed by atoms with Gasteiger partial charge in [0.1, 0.15) is 5.69 Å². The largest absolute Gasteiger partial charge is 0.417 e. The predicted octanol–water partition coefficient (Wildman–Crippen LogP) is 5.55. The average Bonchev–Trinajstić information content (AvgIpc) is 3.34. The zero-order valence-corrected chi connectivity index (χ0v) is 24.5. The number of allylic oxidation sites excluding steroid dienone is 4. The smallest absolute Gasteiger partial charge is 0.389 e. The number of alkyl halides is 5. The fraction of sp³-hybridized carbons (Fsp3) is 0.593. The van der Waals surface area contributed by atoms with Gasteiger partial charge in [0, 0.05) is 36.8 Å². The van der Waals surface area contributed by atoms with Crippen molar-refractivity contribution >= 4 is 28.7 Å². The highest BCUT2D eigenvalue weighted by atomic mass is 32.1. The van der Waals surface area contributed by atoms with Gasteiger partial charge in [-0.3, -0.25) is 9.59 Å². The number of nitrogens with zero attached hydrogens (tertiary/aromatic N) is 2. The van der Waals surface area contributed by atoms with E-state index in [0.29, 0.717) is 17.9 Å². The van der Waals surface area contributed by atoms with Crippen molar-refractivity contribution in [1.29, 1.82) is 0 Å². The maximum Gasteiger partial charge on any atom is 0.417 e. The fourth-order valence-electron chi connectivity index (χ4n) is 3.86. The first-order chi connectivity index (χ1) is 18.0. The Morgan fingerprint density at radius 2 is 1.77 bits per heavy atom. The molecule has 0 aromatic carbocycles. The zero-order chi connectivity index (χ0) is 30.8. The Balaban J connectivity index is 2.65. The molecule has 13 heteroatoms. The highest BCUT2D eigenvalue weighted by Crippen LogP contribution is 2.42. The molecular formula is C27H37F5N4O3S. The summed E-state index contributed by atoms with van der Waals surface area (Å²) in [6.45, 7) is 14.1. The molecule has 1 fully saturated rings. The van der Waals surface area contributed by atoms with Crippen LogP contribution >= 0.6 is 11.3 Å².